The molecule has 0 spiro atoms. The molecule has 18 heavy (non-hydrogen) atoms. The second kappa shape index (κ2) is 5.40. The Morgan fingerprint density at radius 1 is 1.33 bits per heavy atom. The molecule has 1 fully saturated rings. The fraction of sp³-hybridized carbons (Fsp3) is 0.857. The Bertz CT molecular complexity index is 345. The van der Waals surface area contributed by atoms with Crippen LogP contribution in [-0.4, -0.2) is 22.2 Å². The van der Waals surface area contributed by atoms with Crippen LogP contribution in [0.25, 0.3) is 0 Å². The average molecular weight is 285 g/mol. The van der Waals surface area contributed by atoms with Crippen molar-refractivity contribution in [1.82, 2.24) is 0 Å². The molecule has 1 rings (SSSR count). The third kappa shape index (κ3) is 5.17. The van der Waals surface area contributed by atoms with E-state index in [1.54, 1.807) is 0 Å². The van der Waals surface area contributed by atoms with Crippen LogP contribution in [0.4, 0.5) is 0 Å². The van der Waals surface area contributed by atoms with Gasteiger partial charge in [-0.25, -0.2) is 0 Å². The van der Waals surface area contributed by atoms with E-state index in [2.05, 4.69) is 58.6 Å². The molecule has 1 heterocycles. The van der Waals surface area contributed by atoms with Gasteiger partial charge in [0.15, 0.2) is 8.32 Å². The Morgan fingerprint density at radius 3 is 2.44 bits per heavy atom. The first kappa shape index (κ1) is 15.8. The lowest BCUT2D eigenvalue weighted by Gasteiger charge is -2.45. The monoisotopic (exact) mass is 284 g/mol. The Balaban J connectivity index is 2.53. The highest BCUT2D eigenvalue weighted by atomic mass is 28.4. The minimum atomic E-state index is -1.50. The van der Waals surface area contributed by atoms with Crippen molar-refractivity contribution in [3.05, 3.63) is 0 Å². The highest BCUT2D eigenvalue weighted by molar-refractivity contribution is 6.71. The van der Waals surface area contributed by atoms with Crippen molar-refractivity contribution in [3.8, 4) is 12.0 Å². The van der Waals surface area contributed by atoms with Crippen LogP contribution in [-0.2, 0) is 8.85 Å². The minimum Gasteiger partial charge on any atom is -0.501 e. The van der Waals surface area contributed by atoms with Gasteiger partial charge in [-0.2, -0.15) is 0 Å². The van der Waals surface area contributed by atoms with Crippen LogP contribution in [0.3, 0.4) is 0 Å². The molecular weight excluding hydrogens is 256 g/mol. The van der Waals surface area contributed by atoms with E-state index in [0.29, 0.717) is 5.92 Å². The topological polar surface area (TPSA) is 18.5 Å². The van der Waals surface area contributed by atoms with Crippen molar-refractivity contribution in [2.24, 2.45) is 5.92 Å². The van der Waals surface area contributed by atoms with Gasteiger partial charge in [0.1, 0.15) is 0 Å². The first-order valence-electron chi connectivity index (χ1n) is 6.88. The van der Waals surface area contributed by atoms with E-state index < -0.39 is 16.6 Å². The maximum Gasteiger partial charge on any atom is 0.255 e. The Kier molecular flexibility index (Phi) is 4.74. The molecule has 0 N–H and O–H groups in total. The lowest BCUT2D eigenvalue weighted by atomic mass is 9.86. The molecule has 0 aromatic rings. The van der Waals surface area contributed by atoms with Gasteiger partial charge in [0.25, 0.3) is 8.32 Å². The van der Waals surface area contributed by atoms with Crippen LogP contribution in [0.5, 0.6) is 0 Å². The van der Waals surface area contributed by atoms with E-state index in [4.69, 9.17) is 8.85 Å². The van der Waals surface area contributed by atoms with Gasteiger partial charge in [-0.05, 0) is 65.0 Å². The molecule has 4 heteroatoms. The molecule has 2 nitrogen and oxygen atoms in total. The Labute approximate surface area is 115 Å². The van der Waals surface area contributed by atoms with Gasteiger partial charge in [-0.15, -0.1) is 0 Å². The zero-order valence-electron chi connectivity index (χ0n) is 13.0. The lowest BCUT2D eigenvalue weighted by Crippen LogP contribution is -2.50. The van der Waals surface area contributed by atoms with Gasteiger partial charge in [-0.1, -0.05) is 5.92 Å². The fourth-order valence-electron chi connectivity index (χ4n) is 2.42. The highest BCUT2D eigenvalue weighted by Crippen LogP contribution is 2.39. The van der Waals surface area contributed by atoms with Gasteiger partial charge in [-0.3, -0.25) is 0 Å². The van der Waals surface area contributed by atoms with Gasteiger partial charge in [0.2, 0.25) is 0 Å². The van der Waals surface area contributed by atoms with E-state index in [9.17, 15) is 0 Å². The molecule has 0 radical (unpaired) electrons. The molecule has 1 saturated heterocycles. The van der Waals surface area contributed by atoms with E-state index >= 15 is 0 Å². The molecule has 0 amide bonds. The van der Waals surface area contributed by atoms with Crippen molar-refractivity contribution in [2.75, 3.05) is 0 Å². The summed E-state index contributed by atoms with van der Waals surface area (Å²) in [5.41, 5.74) is -0.0260. The normalized spacial score (nSPS) is 26.1. The summed E-state index contributed by atoms with van der Waals surface area (Å²) in [6.07, 6.45) is 5.03. The van der Waals surface area contributed by atoms with Gasteiger partial charge in [0.05, 0.1) is 11.7 Å². The molecule has 1 aliphatic heterocycles. The van der Waals surface area contributed by atoms with Crippen LogP contribution in [0.2, 0.25) is 38.8 Å². The van der Waals surface area contributed by atoms with E-state index in [0.717, 1.165) is 6.42 Å². The second-order valence-electron chi connectivity index (χ2n) is 7.40. The molecule has 0 bridgehead atoms. The lowest BCUT2D eigenvalue weighted by molar-refractivity contribution is 0.0167. The van der Waals surface area contributed by atoms with Crippen LogP contribution in [0.1, 0.15) is 26.7 Å². The van der Waals surface area contributed by atoms with Crippen LogP contribution >= 0.6 is 0 Å². The summed E-state index contributed by atoms with van der Waals surface area (Å²) in [5, 5.41) is 0. The van der Waals surface area contributed by atoms with Gasteiger partial charge >= 0.3 is 0 Å². The predicted octanol–water partition coefficient (Wildman–Crippen LogP) is 4.21. The molecule has 1 unspecified atom stereocenters. The van der Waals surface area contributed by atoms with E-state index in [1.165, 1.54) is 12.5 Å². The SMILES string of the molecule is CC1(C)O[Si](C)(C)CCC1CC#CO[Si](C)(C)C. The van der Waals surface area contributed by atoms with Crippen molar-refractivity contribution < 1.29 is 8.85 Å². The second-order valence-corrected chi connectivity index (χ2v) is 16.1. The molecule has 1 atom stereocenters. The summed E-state index contributed by atoms with van der Waals surface area (Å²) in [4.78, 5) is 0. The summed E-state index contributed by atoms with van der Waals surface area (Å²) in [6, 6.07) is 1.25. The van der Waals surface area contributed by atoms with E-state index in [-0.39, 0.29) is 5.60 Å². The molecule has 104 valence electrons. The highest BCUT2D eigenvalue weighted by Gasteiger charge is 2.41. The Hall–Kier alpha value is -0.246. The maximum absolute atomic E-state index is 6.31. The first-order valence-corrected chi connectivity index (χ1v) is 13.4. The number of hydrogen-bond donors (Lipinski definition) is 0. The van der Waals surface area contributed by atoms with Crippen LogP contribution in [0.15, 0.2) is 0 Å². The van der Waals surface area contributed by atoms with Gasteiger partial charge < -0.3 is 8.85 Å². The van der Waals surface area contributed by atoms with E-state index in [1.807, 2.05) is 0 Å². The summed E-state index contributed by atoms with van der Waals surface area (Å²) in [7, 11) is -2.92. The van der Waals surface area contributed by atoms with Crippen LogP contribution < -0.4 is 0 Å². The summed E-state index contributed by atoms with van der Waals surface area (Å²) in [6.45, 7) is 15.5. The van der Waals surface area contributed by atoms with Crippen molar-refractivity contribution in [3.63, 3.8) is 0 Å². The average Bonchev–Trinajstić information content (AvgIpc) is 2.10. The standard InChI is InChI=1S/C14H28O2Si2/c1-14(2)13(10-12-18(6,7)16-14)9-8-11-15-17(3,4)5/h13H,9-10,12H2,1-7H3. The van der Waals surface area contributed by atoms with Gasteiger partial charge in [0, 0.05) is 6.42 Å². The summed E-state index contributed by atoms with van der Waals surface area (Å²) < 4.78 is 11.9. The smallest absolute Gasteiger partial charge is 0.255 e. The van der Waals surface area contributed by atoms with Crippen molar-refractivity contribution in [1.29, 1.82) is 0 Å². The third-order valence-electron chi connectivity index (χ3n) is 3.40. The molecule has 0 aromatic heterocycles. The largest absolute Gasteiger partial charge is 0.501 e. The number of rotatable bonds is 2. The van der Waals surface area contributed by atoms with Crippen molar-refractivity contribution in [2.45, 2.75) is 71.1 Å². The summed E-state index contributed by atoms with van der Waals surface area (Å²) >= 11 is 0. The zero-order valence-corrected chi connectivity index (χ0v) is 15.0. The first-order chi connectivity index (χ1) is 8.02. The maximum atomic E-state index is 6.31. The fourth-order valence-corrected chi connectivity index (χ4v) is 5.53. The zero-order chi connectivity index (χ0) is 14.0. The quantitative estimate of drug-likeness (QED) is 0.558. The molecular formula is C14H28O2Si2. The minimum absolute atomic E-state index is 0.0260. The molecule has 0 aromatic carbocycles. The number of hydrogen-bond acceptors (Lipinski definition) is 2. The predicted molar refractivity (Wildman–Crippen MR) is 82.4 cm³/mol. The molecule has 0 aliphatic carbocycles. The molecule has 1 aliphatic rings. The summed E-state index contributed by atoms with van der Waals surface area (Å²) in [5.74, 6) is 3.73. The Morgan fingerprint density at radius 2 is 1.94 bits per heavy atom. The molecule has 0 saturated carbocycles. The third-order valence-corrected chi connectivity index (χ3v) is 6.68. The van der Waals surface area contributed by atoms with Crippen LogP contribution in [0, 0.1) is 17.9 Å². The van der Waals surface area contributed by atoms with Crippen molar-refractivity contribution >= 4 is 16.6 Å².